The van der Waals surface area contributed by atoms with E-state index in [1.165, 1.54) is 18.4 Å². The zero-order valence-electron chi connectivity index (χ0n) is 13.5. The molecule has 0 saturated carbocycles. The molecule has 26 heavy (non-hydrogen) atoms. The Balaban J connectivity index is 1.62. The molecule has 2 aromatic carbocycles. The van der Waals surface area contributed by atoms with Crippen LogP contribution in [0.25, 0.3) is 21.5 Å². The summed E-state index contributed by atoms with van der Waals surface area (Å²) in [4.78, 5) is 13.4. The number of anilines is 1. The van der Waals surface area contributed by atoms with Crippen molar-refractivity contribution < 1.29 is 13.9 Å². The number of nitrogens with one attached hydrogen (secondary N) is 1. The first kappa shape index (κ1) is 16.6. The van der Waals surface area contributed by atoms with Gasteiger partial charge in [0, 0.05) is 0 Å². The monoisotopic (exact) mass is 385 g/mol. The highest BCUT2D eigenvalue weighted by Crippen LogP contribution is 2.31. The number of benzene rings is 2. The van der Waals surface area contributed by atoms with Crippen molar-refractivity contribution in [2.24, 2.45) is 0 Å². The summed E-state index contributed by atoms with van der Waals surface area (Å²) in [6, 6.07) is 14.8. The third kappa shape index (κ3) is 3.14. The van der Waals surface area contributed by atoms with Gasteiger partial charge in [0.2, 0.25) is 0 Å². The molecular formula is C18H12ClN3O3S. The van der Waals surface area contributed by atoms with Crippen LogP contribution in [0.15, 0.2) is 52.9 Å². The molecule has 0 bridgehead atoms. The molecule has 0 unspecified atom stereocenters. The predicted octanol–water partition coefficient (Wildman–Crippen LogP) is 4.87. The standard InChI is InChI=1S/C18H12ClN3O3S/c1-24-13-9-11-5-3-2-4-10(11)8-12(13)16(23)20-18-22-21-17(25-18)14-6-7-15(19)26-14/h2-9H,1H3,(H,20,22,23). The average molecular weight is 386 g/mol. The summed E-state index contributed by atoms with van der Waals surface area (Å²) >= 11 is 7.22. The molecule has 0 aliphatic rings. The van der Waals surface area contributed by atoms with Crippen LogP contribution in [0.3, 0.4) is 0 Å². The van der Waals surface area contributed by atoms with Gasteiger partial charge >= 0.3 is 6.01 Å². The summed E-state index contributed by atoms with van der Waals surface area (Å²) in [5.41, 5.74) is 0.380. The molecule has 0 radical (unpaired) electrons. The molecule has 8 heteroatoms. The van der Waals surface area contributed by atoms with Crippen LogP contribution in [0.5, 0.6) is 5.75 Å². The van der Waals surface area contributed by atoms with Crippen molar-refractivity contribution >= 4 is 45.6 Å². The number of hydrogen-bond donors (Lipinski definition) is 1. The van der Waals surface area contributed by atoms with Gasteiger partial charge in [0.15, 0.2) is 0 Å². The lowest BCUT2D eigenvalue weighted by Crippen LogP contribution is -2.13. The number of halogens is 1. The van der Waals surface area contributed by atoms with Crippen LogP contribution < -0.4 is 10.1 Å². The zero-order chi connectivity index (χ0) is 18.1. The van der Waals surface area contributed by atoms with Gasteiger partial charge < -0.3 is 9.15 Å². The second kappa shape index (κ2) is 6.78. The number of nitrogens with zero attached hydrogens (tertiary/aromatic N) is 2. The SMILES string of the molecule is COc1cc2ccccc2cc1C(=O)Nc1nnc(-c2ccc(Cl)s2)o1. The van der Waals surface area contributed by atoms with E-state index in [0.29, 0.717) is 21.5 Å². The van der Waals surface area contributed by atoms with Crippen LogP contribution in [0.1, 0.15) is 10.4 Å². The maximum atomic E-state index is 12.6. The van der Waals surface area contributed by atoms with Gasteiger partial charge in [-0.3, -0.25) is 10.1 Å². The first-order valence-electron chi connectivity index (χ1n) is 7.61. The van der Waals surface area contributed by atoms with Crippen molar-refractivity contribution in [3.05, 3.63) is 58.4 Å². The van der Waals surface area contributed by atoms with E-state index in [2.05, 4.69) is 15.5 Å². The highest BCUT2D eigenvalue weighted by atomic mass is 35.5. The molecule has 0 spiro atoms. The molecule has 4 aromatic rings. The quantitative estimate of drug-likeness (QED) is 0.542. The topological polar surface area (TPSA) is 77.2 Å². The van der Waals surface area contributed by atoms with E-state index in [1.54, 1.807) is 18.2 Å². The molecule has 2 aromatic heterocycles. The summed E-state index contributed by atoms with van der Waals surface area (Å²) in [5, 5.41) is 12.3. The Bertz CT molecular complexity index is 1110. The predicted molar refractivity (Wildman–Crippen MR) is 101 cm³/mol. The second-order valence-electron chi connectivity index (χ2n) is 5.37. The lowest BCUT2D eigenvalue weighted by Gasteiger charge is -2.09. The fourth-order valence-corrected chi connectivity index (χ4v) is 3.50. The van der Waals surface area contributed by atoms with Crippen LogP contribution in [0.4, 0.5) is 6.01 Å². The normalized spacial score (nSPS) is 10.8. The van der Waals surface area contributed by atoms with Gasteiger partial charge in [0.05, 0.1) is 21.9 Å². The van der Waals surface area contributed by atoms with Crippen molar-refractivity contribution in [1.82, 2.24) is 10.2 Å². The smallest absolute Gasteiger partial charge is 0.322 e. The fraction of sp³-hybridized carbons (Fsp3) is 0.0556. The second-order valence-corrected chi connectivity index (χ2v) is 7.08. The van der Waals surface area contributed by atoms with Gasteiger partial charge in [-0.05, 0) is 35.0 Å². The number of fused-ring (bicyclic) bond motifs is 1. The van der Waals surface area contributed by atoms with Gasteiger partial charge in [0.1, 0.15) is 5.75 Å². The lowest BCUT2D eigenvalue weighted by molar-refractivity contribution is 0.102. The molecule has 6 nitrogen and oxygen atoms in total. The first-order valence-corrected chi connectivity index (χ1v) is 8.81. The first-order chi connectivity index (χ1) is 12.6. The van der Waals surface area contributed by atoms with Gasteiger partial charge in [-0.25, -0.2) is 0 Å². The lowest BCUT2D eigenvalue weighted by atomic mass is 10.1. The number of ether oxygens (including phenoxy) is 1. The Hall–Kier alpha value is -2.90. The summed E-state index contributed by atoms with van der Waals surface area (Å²) in [6.45, 7) is 0. The Morgan fingerprint density at radius 2 is 1.92 bits per heavy atom. The van der Waals surface area contributed by atoms with Gasteiger partial charge in [-0.15, -0.1) is 16.4 Å². The van der Waals surface area contributed by atoms with Crippen LogP contribution >= 0.6 is 22.9 Å². The van der Waals surface area contributed by atoms with Crippen LogP contribution in [0.2, 0.25) is 4.34 Å². The molecular weight excluding hydrogens is 374 g/mol. The van der Waals surface area contributed by atoms with Gasteiger partial charge in [0.25, 0.3) is 11.8 Å². The molecule has 4 rings (SSSR count). The number of amides is 1. The number of aromatic nitrogens is 2. The Morgan fingerprint density at radius 3 is 2.62 bits per heavy atom. The largest absolute Gasteiger partial charge is 0.496 e. The van der Waals surface area contributed by atoms with E-state index in [9.17, 15) is 4.79 Å². The Kier molecular flexibility index (Phi) is 4.32. The molecule has 1 amide bonds. The molecule has 0 aliphatic carbocycles. The number of hydrogen-bond acceptors (Lipinski definition) is 6. The van der Waals surface area contributed by atoms with Crippen molar-refractivity contribution in [3.63, 3.8) is 0 Å². The third-order valence-electron chi connectivity index (χ3n) is 3.74. The third-order valence-corrected chi connectivity index (χ3v) is 4.96. The van der Waals surface area contributed by atoms with Crippen molar-refractivity contribution in [2.45, 2.75) is 0 Å². The maximum absolute atomic E-state index is 12.6. The van der Waals surface area contributed by atoms with E-state index < -0.39 is 5.91 Å². The highest BCUT2D eigenvalue weighted by molar-refractivity contribution is 7.19. The summed E-state index contributed by atoms with van der Waals surface area (Å²) in [6.07, 6.45) is 0. The molecule has 0 aliphatic heterocycles. The fourth-order valence-electron chi connectivity index (χ4n) is 2.53. The average Bonchev–Trinajstić information content (AvgIpc) is 3.29. The number of carbonyl (C=O) groups is 1. The van der Waals surface area contributed by atoms with Crippen LogP contribution in [-0.4, -0.2) is 23.2 Å². The summed E-state index contributed by atoms with van der Waals surface area (Å²) < 4.78 is 11.5. The summed E-state index contributed by atoms with van der Waals surface area (Å²) in [5.74, 6) is 0.362. The Labute approximate surface area is 157 Å². The van der Waals surface area contributed by atoms with E-state index in [1.807, 2.05) is 30.3 Å². The zero-order valence-corrected chi connectivity index (χ0v) is 15.1. The van der Waals surface area contributed by atoms with E-state index >= 15 is 0 Å². The van der Waals surface area contributed by atoms with Crippen molar-refractivity contribution in [2.75, 3.05) is 12.4 Å². The molecule has 0 atom stereocenters. The number of thiophene rings is 1. The van der Waals surface area contributed by atoms with E-state index in [-0.39, 0.29) is 6.01 Å². The van der Waals surface area contributed by atoms with Crippen molar-refractivity contribution in [3.8, 4) is 16.5 Å². The van der Waals surface area contributed by atoms with Crippen LogP contribution in [0, 0.1) is 0 Å². The Morgan fingerprint density at radius 1 is 1.15 bits per heavy atom. The highest BCUT2D eigenvalue weighted by Gasteiger charge is 2.17. The minimum atomic E-state index is -0.396. The number of methoxy groups -OCH3 is 1. The van der Waals surface area contributed by atoms with Gasteiger partial charge in [-0.2, -0.15) is 0 Å². The molecule has 130 valence electrons. The minimum Gasteiger partial charge on any atom is -0.496 e. The summed E-state index contributed by atoms with van der Waals surface area (Å²) in [7, 11) is 1.52. The van der Waals surface area contributed by atoms with Gasteiger partial charge in [-0.1, -0.05) is 41.0 Å². The van der Waals surface area contributed by atoms with Crippen molar-refractivity contribution in [1.29, 1.82) is 0 Å². The van der Waals surface area contributed by atoms with Crippen LogP contribution in [-0.2, 0) is 0 Å². The molecule has 0 saturated heterocycles. The molecule has 1 N–H and O–H groups in total. The number of rotatable bonds is 4. The maximum Gasteiger partial charge on any atom is 0.322 e. The molecule has 0 fully saturated rings. The van der Waals surface area contributed by atoms with E-state index in [4.69, 9.17) is 20.8 Å². The number of carbonyl (C=O) groups excluding carboxylic acids is 1. The minimum absolute atomic E-state index is 0.00438. The molecule has 2 heterocycles. The van der Waals surface area contributed by atoms with E-state index in [0.717, 1.165) is 15.6 Å².